The number of aromatic nitrogens is 4. The van der Waals surface area contributed by atoms with E-state index in [0.29, 0.717) is 5.82 Å². The maximum absolute atomic E-state index is 12.9. The van der Waals surface area contributed by atoms with Crippen molar-refractivity contribution < 1.29 is 17.9 Å². The van der Waals surface area contributed by atoms with Crippen molar-refractivity contribution in [1.82, 2.24) is 19.6 Å². The summed E-state index contributed by atoms with van der Waals surface area (Å²) in [6.45, 7) is 0. The minimum Gasteiger partial charge on any atom is -0.381 e. The molecular weight excluding hydrogens is 287 g/mol. The van der Waals surface area contributed by atoms with Gasteiger partial charge in [-0.15, -0.1) is 0 Å². The number of methoxy groups -OCH3 is 1. The van der Waals surface area contributed by atoms with E-state index in [4.69, 9.17) is 4.74 Å². The van der Waals surface area contributed by atoms with Crippen LogP contribution < -0.4 is 4.90 Å². The second-order valence-electron chi connectivity index (χ2n) is 5.06. The molecule has 1 aliphatic rings. The third-order valence-corrected chi connectivity index (χ3v) is 3.84. The largest absolute Gasteiger partial charge is 0.433 e. The van der Waals surface area contributed by atoms with Crippen LogP contribution in [0.1, 0.15) is 18.5 Å². The van der Waals surface area contributed by atoms with E-state index in [9.17, 15) is 13.2 Å². The average Bonchev–Trinajstić information content (AvgIpc) is 2.83. The Morgan fingerprint density at radius 2 is 2.10 bits per heavy atom. The molecule has 114 valence electrons. The number of halogens is 3. The van der Waals surface area contributed by atoms with Crippen LogP contribution in [-0.2, 0) is 10.9 Å². The molecule has 21 heavy (non-hydrogen) atoms. The van der Waals surface area contributed by atoms with Crippen LogP contribution in [0.15, 0.2) is 12.4 Å². The molecular formula is C12H14F3N5O. The lowest BCUT2D eigenvalue weighted by Crippen LogP contribution is -2.46. The number of fused-ring (bicyclic) bond motifs is 1. The molecule has 0 saturated heterocycles. The standard InChI is InChI=1S/C12H14F3N5O/c1-19(7-3-8(4-7)21-2)10-5-9(12(13,14)15)18-11-16-6-17-20(10)11/h5-8H,3-4H2,1-2H3. The van der Waals surface area contributed by atoms with Crippen LogP contribution in [0.3, 0.4) is 0 Å². The highest BCUT2D eigenvalue weighted by molar-refractivity contribution is 5.48. The molecule has 2 aromatic heterocycles. The van der Waals surface area contributed by atoms with Gasteiger partial charge in [-0.1, -0.05) is 0 Å². The molecule has 0 atom stereocenters. The number of rotatable bonds is 3. The predicted octanol–water partition coefficient (Wildman–Crippen LogP) is 1.76. The number of alkyl halides is 3. The zero-order chi connectivity index (χ0) is 15.2. The van der Waals surface area contributed by atoms with Crippen molar-refractivity contribution >= 4 is 11.6 Å². The van der Waals surface area contributed by atoms with Gasteiger partial charge in [0.2, 0.25) is 0 Å². The van der Waals surface area contributed by atoms with Gasteiger partial charge >= 0.3 is 6.18 Å². The maximum atomic E-state index is 12.9. The fraction of sp³-hybridized carbons (Fsp3) is 0.583. The first-order valence-electron chi connectivity index (χ1n) is 6.43. The molecule has 2 heterocycles. The van der Waals surface area contributed by atoms with Crippen LogP contribution in [0.5, 0.6) is 0 Å². The number of anilines is 1. The van der Waals surface area contributed by atoms with Gasteiger partial charge in [0.1, 0.15) is 12.1 Å². The molecule has 1 saturated carbocycles. The van der Waals surface area contributed by atoms with Crippen molar-refractivity contribution in [3.63, 3.8) is 0 Å². The van der Waals surface area contributed by atoms with Crippen molar-refractivity contribution in [2.75, 3.05) is 19.1 Å². The minimum atomic E-state index is -4.52. The minimum absolute atomic E-state index is 0.0608. The van der Waals surface area contributed by atoms with Crippen molar-refractivity contribution in [3.8, 4) is 0 Å². The van der Waals surface area contributed by atoms with Gasteiger partial charge in [0, 0.05) is 26.3 Å². The molecule has 0 spiro atoms. The summed E-state index contributed by atoms with van der Waals surface area (Å²) in [4.78, 5) is 9.03. The average molecular weight is 301 g/mol. The SMILES string of the molecule is COC1CC(N(C)c2cc(C(F)(F)F)nc3ncnn23)C1. The van der Waals surface area contributed by atoms with Gasteiger partial charge in [-0.05, 0) is 12.8 Å². The summed E-state index contributed by atoms with van der Waals surface area (Å²) in [5.41, 5.74) is -0.965. The first-order valence-corrected chi connectivity index (χ1v) is 6.43. The van der Waals surface area contributed by atoms with Crippen LogP contribution in [0, 0.1) is 0 Å². The second-order valence-corrected chi connectivity index (χ2v) is 5.06. The fourth-order valence-electron chi connectivity index (χ4n) is 2.43. The zero-order valence-electron chi connectivity index (χ0n) is 11.5. The summed E-state index contributed by atoms with van der Waals surface area (Å²) in [7, 11) is 3.37. The number of nitrogens with zero attached hydrogens (tertiary/aromatic N) is 5. The lowest BCUT2D eigenvalue weighted by atomic mass is 9.88. The number of ether oxygens (including phenoxy) is 1. The molecule has 1 aliphatic carbocycles. The van der Waals surface area contributed by atoms with Crippen molar-refractivity contribution in [3.05, 3.63) is 18.1 Å². The number of hydrogen-bond acceptors (Lipinski definition) is 5. The maximum Gasteiger partial charge on any atom is 0.433 e. The fourth-order valence-corrected chi connectivity index (χ4v) is 2.43. The van der Waals surface area contributed by atoms with Gasteiger partial charge in [-0.2, -0.15) is 27.8 Å². The molecule has 3 rings (SSSR count). The van der Waals surface area contributed by atoms with Crippen molar-refractivity contribution in [2.45, 2.75) is 31.2 Å². The highest BCUT2D eigenvalue weighted by atomic mass is 19.4. The summed E-state index contributed by atoms with van der Waals surface area (Å²) < 4.78 is 45.3. The molecule has 0 aliphatic heterocycles. The third kappa shape index (κ3) is 2.41. The lowest BCUT2D eigenvalue weighted by molar-refractivity contribution is -0.141. The van der Waals surface area contributed by atoms with Crippen molar-refractivity contribution in [2.24, 2.45) is 0 Å². The van der Waals surface area contributed by atoms with Gasteiger partial charge in [0.25, 0.3) is 5.78 Å². The summed E-state index contributed by atoms with van der Waals surface area (Å²) in [6.07, 6.45) is -1.62. The monoisotopic (exact) mass is 301 g/mol. The Kier molecular flexibility index (Phi) is 3.23. The van der Waals surface area contributed by atoms with Crippen LogP contribution in [0.25, 0.3) is 5.78 Å². The van der Waals surface area contributed by atoms with E-state index in [2.05, 4.69) is 15.1 Å². The topological polar surface area (TPSA) is 55.5 Å². The van der Waals surface area contributed by atoms with E-state index >= 15 is 0 Å². The molecule has 0 radical (unpaired) electrons. The Balaban J connectivity index is 1.98. The van der Waals surface area contributed by atoms with Crippen LogP contribution in [0.4, 0.5) is 19.0 Å². The third-order valence-electron chi connectivity index (χ3n) is 3.84. The van der Waals surface area contributed by atoms with Crippen molar-refractivity contribution in [1.29, 1.82) is 0 Å². The van der Waals surface area contributed by atoms with E-state index in [1.807, 2.05) is 0 Å². The molecule has 1 fully saturated rings. The lowest BCUT2D eigenvalue weighted by Gasteiger charge is -2.41. The number of hydrogen-bond donors (Lipinski definition) is 0. The molecule has 6 nitrogen and oxygen atoms in total. The predicted molar refractivity (Wildman–Crippen MR) is 68.0 cm³/mol. The Bertz CT molecular complexity index is 650. The summed E-state index contributed by atoms with van der Waals surface area (Å²) >= 11 is 0. The highest BCUT2D eigenvalue weighted by Gasteiger charge is 2.37. The first kappa shape index (κ1) is 14.1. The molecule has 0 aromatic carbocycles. The van der Waals surface area contributed by atoms with E-state index in [0.717, 1.165) is 18.9 Å². The molecule has 0 N–H and O–H groups in total. The molecule has 0 amide bonds. The van der Waals surface area contributed by atoms with E-state index in [-0.39, 0.29) is 17.9 Å². The van der Waals surface area contributed by atoms with Gasteiger partial charge in [0.05, 0.1) is 6.10 Å². The van der Waals surface area contributed by atoms with Gasteiger partial charge in [-0.25, -0.2) is 4.98 Å². The second kappa shape index (κ2) is 4.83. The van der Waals surface area contributed by atoms with Crippen LogP contribution >= 0.6 is 0 Å². The quantitative estimate of drug-likeness (QED) is 0.864. The normalized spacial score (nSPS) is 22.3. The Labute approximate surface area is 118 Å². The van der Waals surface area contributed by atoms with Gasteiger partial charge in [-0.3, -0.25) is 0 Å². The van der Waals surface area contributed by atoms with Gasteiger partial charge < -0.3 is 9.64 Å². The molecule has 9 heteroatoms. The molecule has 0 unspecified atom stereocenters. The summed E-state index contributed by atoms with van der Waals surface area (Å²) in [5.74, 6) is 0.263. The van der Waals surface area contributed by atoms with Crippen LogP contribution in [-0.4, -0.2) is 45.9 Å². The van der Waals surface area contributed by atoms with E-state index in [1.165, 1.54) is 10.8 Å². The Hall–Kier alpha value is -1.90. The zero-order valence-corrected chi connectivity index (χ0v) is 11.5. The van der Waals surface area contributed by atoms with E-state index < -0.39 is 11.9 Å². The summed E-state index contributed by atoms with van der Waals surface area (Å²) in [5, 5.41) is 3.95. The Morgan fingerprint density at radius 1 is 1.38 bits per heavy atom. The smallest absolute Gasteiger partial charge is 0.381 e. The highest BCUT2D eigenvalue weighted by Crippen LogP contribution is 2.34. The summed E-state index contributed by atoms with van der Waals surface area (Å²) in [6, 6.07) is 1.12. The van der Waals surface area contributed by atoms with Crippen LogP contribution in [0.2, 0.25) is 0 Å². The first-order chi connectivity index (χ1) is 9.90. The van der Waals surface area contributed by atoms with Gasteiger partial charge in [0.15, 0.2) is 5.69 Å². The molecule has 0 bridgehead atoms. The Morgan fingerprint density at radius 3 is 2.71 bits per heavy atom. The van der Waals surface area contributed by atoms with E-state index in [1.54, 1.807) is 19.1 Å². The molecule has 2 aromatic rings.